The van der Waals surface area contributed by atoms with Gasteiger partial charge in [0, 0.05) is 48.9 Å². The third kappa shape index (κ3) is 3.77. The quantitative estimate of drug-likeness (QED) is 0.889. The fourth-order valence-electron chi connectivity index (χ4n) is 2.71. The predicted molar refractivity (Wildman–Crippen MR) is 91.2 cm³/mol. The fraction of sp³-hybridized carbons (Fsp3) is 0.438. The van der Waals surface area contributed by atoms with Crippen molar-refractivity contribution in [3.8, 4) is 0 Å². The molecule has 7 heteroatoms. The average Bonchev–Trinajstić information content (AvgIpc) is 2.53. The number of piperidine rings is 1. The van der Waals surface area contributed by atoms with Crippen LogP contribution in [0.2, 0.25) is 0 Å². The highest BCUT2D eigenvalue weighted by molar-refractivity contribution is 9.10. The van der Waals surface area contributed by atoms with Crippen LogP contribution in [0.5, 0.6) is 0 Å². The first-order valence-electron chi connectivity index (χ1n) is 7.56. The van der Waals surface area contributed by atoms with Crippen LogP contribution in [0.4, 0.5) is 10.3 Å². The van der Waals surface area contributed by atoms with Crippen LogP contribution in [0.1, 0.15) is 19.8 Å². The number of amides is 1. The second kappa shape index (κ2) is 6.39. The van der Waals surface area contributed by atoms with E-state index < -0.39 is 5.67 Å². The van der Waals surface area contributed by atoms with Gasteiger partial charge in [-0.1, -0.05) is 15.9 Å². The third-order valence-electron chi connectivity index (χ3n) is 4.13. The van der Waals surface area contributed by atoms with E-state index >= 15 is 0 Å². The zero-order valence-corrected chi connectivity index (χ0v) is 14.4. The van der Waals surface area contributed by atoms with E-state index in [1.54, 1.807) is 6.20 Å². The number of fused-ring (bicyclic) bond motifs is 1. The Labute approximate surface area is 142 Å². The Morgan fingerprint density at radius 1 is 1.43 bits per heavy atom. The molecule has 1 aliphatic rings. The second-order valence-corrected chi connectivity index (χ2v) is 6.84. The van der Waals surface area contributed by atoms with E-state index in [-0.39, 0.29) is 12.5 Å². The Morgan fingerprint density at radius 2 is 2.17 bits per heavy atom. The van der Waals surface area contributed by atoms with Gasteiger partial charge in [0.25, 0.3) is 0 Å². The van der Waals surface area contributed by atoms with Crippen molar-refractivity contribution in [3.05, 3.63) is 28.9 Å². The van der Waals surface area contributed by atoms with Crippen LogP contribution in [0.3, 0.4) is 0 Å². The van der Waals surface area contributed by atoms with E-state index in [9.17, 15) is 9.18 Å². The largest absolute Gasteiger partial charge is 0.353 e. The number of benzene rings is 1. The van der Waals surface area contributed by atoms with E-state index in [0.717, 1.165) is 15.4 Å². The number of anilines is 1. The van der Waals surface area contributed by atoms with Crippen LogP contribution in [0.25, 0.3) is 10.9 Å². The highest BCUT2D eigenvalue weighted by Crippen LogP contribution is 2.28. The summed E-state index contributed by atoms with van der Waals surface area (Å²) in [6.07, 6.45) is 2.50. The SMILES string of the molecule is CC(=O)NCC1(F)CCN(c2ncc3cc(Br)ccc3n2)CC1. The predicted octanol–water partition coefficient (Wildman–Crippen LogP) is 2.84. The Hall–Kier alpha value is -1.76. The fourth-order valence-corrected chi connectivity index (χ4v) is 3.09. The molecular weight excluding hydrogens is 363 g/mol. The van der Waals surface area contributed by atoms with Gasteiger partial charge in [-0.05, 0) is 18.2 Å². The van der Waals surface area contributed by atoms with Gasteiger partial charge in [-0.2, -0.15) is 0 Å². The summed E-state index contributed by atoms with van der Waals surface area (Å²) in [7, 11) is 0. The molecule has 1 amide bonds. The van der Waals surface area contributed by atoms with E-state index in [1.807, 2.05) is 23.1 Å². The number of aromatic nitrogens is 2. The first-order valence-corrected chi connectivity index (χ1v) is 8.35. The van der Waals surface area contributed by atoms with Gasteiger partial charge < -0.3 is 10.2 Å². The van der Waals surface area contributed by atoms with Gasteiger partial charge in [0.2, 0.25) is 11.9 Å². The molecule has 0 spiro atoms. The van der Waals surface area contributed by atoms with Gasteiger partial charge in [0.15, 0.2) is 0 Å². The molecule has 23 heavy (non-hydrogen) atoms. The molecule has 1 aromatic carbocycles. The highest BCUT2D eigenvalue weighted by atomic mass is 79.9. The summed E-state index contributed by atoms with van der Waals surface area (Å²) in [5, 5.41) is 3.54. The van der Waals surface area contributed by atoms with Gasteiger partial charge in [-0.25, -0.2) is 14.4 Å². The number of hydrogen-bond acceptors (Lipinski definition) is 4. The molecule has 1 saturated heterocycles. The van der Waals surface area contributed by atoms with Crippen molar-refractivity contribution in [2.75, 3.05) is 24.5 Å². The maximum atomic E-state index is 14.6. The topological polar surface area (TPSA) is 58.1 Å². The normalized spacial score (nSPS) is 17.3. The molecule has 0 bridgehead atoms. The zero-order chi connectivity index (χ0) is 16.4. The van der Waals surface area contributed by atoms with Crippen LogP contribution in [0.15, 0.2) is 28.9 Å². The minimum atomic E-state index is -1.34. The number of rotatable bonds is 3. The summed E-state index contributed by atoms with van der Waals surface area (Å²) in [5.41, 5.74) is -0.474. The van der Waals surface area contributed by atoms with Crippen LogP contribution in [-0.2, 0) is 4.79 Å². The molecule has 1 N–H and O–H groups in total. The number of halogens is 2. The molecule has 1 aromatic heterocycles. The molecule has 2 aromatic rings. The Kier molecular flexibility index (Phi) is 4.48. The van der Waals surface area contributed by atoms with E-state index in [4.69, 9.17) is 0 Å². The number of nitrogens with zero attached hydrogens (tertiary/aromatic N) is 3. The molecule has 0 atom stereocenters. The smallest absolute Gasteiger partial charge is 0.225 e. The summed E-state index contributed by atoms with van der Waals surface area (Å²) in [4.78, 5) is 21.9. The van der Waals surface area contributed by atoms with Crippen molar-refractivity contribution < 1.29 is 9.18 Å². The molecule has 0 unspecified atom stereocenters. The lowest BCUT2D eigenvalue weighted by molar-refractivity contribution is -0.119. The minimum absolute atomic E-state index is 0.0722. The van der Waals surface area contributed by atoms with Gasteiger partial charge >= 0.3 is 0 Å². The van der Waals surface area contributed by atoms with Crippen molar-refractivity contribution >= 4 is 38.7 Å². The Balaban J connectivity index is 1.70. The van der Waals surface area contributed by atoms with Crippen molar-refractivity contribution in [1.29, 1.82) is 0 Å². The highest BCUT2D eigenvalue weighted by Gasteiger charge is 2.35. The monoisotopic (exact) mass is 380 g/mol. The number of hydrogen-bond donors (Lipinski definition) is 1. The number of nitrogens with one attached hydrogen (secondary N) is 1. The average molecular weight is 381 g/mol. The van der Waals surface area contributed by atoms with Crippen LogP contribution in [0, 0.1) is 0 Å². The van der Waals surface area contributed by atoms with Crippen molar-refractivity contribution in [1.82, 2.24) is 15.3 Å². The lowest BCUT2D eigenvalue weighted by atomic mass is 9.93. The Morgan fingerprint density at radius 3 is 2.87 bits per heavy atom. The van der Waals surface area contributed by atoms with E-state index in [0.29, 0.717) is 31.9 Å². The minimum Gasteiger partial charge on any atom is -0.353 e. The summed E-state index contributed by atoms with van der Waals surface area (Å²) < 4.78 is 15.6. The molecule has 3 rings (SSSR count). The van der Waals surface area contributed by atoms with Crippen LogP contribution in [-0.4, -0.2) is 41.2 Å². The number of carbonyl (C=O) groups excluding carboxylic acids is 1. The number of alkyl halides is 1. The molecule has 1 aliphatic heterocycles. The molecule has 122 valence electrons. The molecule has 0 aliphatic carbocycles. The van der Waals surface area contributed by atoms with Gasteiger partial charge in [-0.3, -0.25) is 4.79 Å². The van der Waals surface area contributed by atoms with Crippen molar-refractivity contribution in [3.63, 3.8) is 0 Å². The zero-order valence-electron chi connectivity index (χ0n) is 12.9. The Bertz CT molecular complexity index is 731. The molecule has 5 nitrogen and oxygen atoms in total. The molecular formula is C16H18BrFN4O. The first kappa shape index (κ1) is 16.1. The maximum Gasteiger partial charge on any atom is 0.225 e. The molecule has 1 fully saturated rings. The van der Waals surface area contributed by atoms with Gasteiger partial charge in [-0.15, -0.1) is 0 Å². The molecule has 2 heterocycles. The maximum absolute atomic E-state index is 14.6. The summed E-state index contributed by atoms with van der Waals surface area (Å²) in [6.45, 7) is 2.55. The molecule has 0 saturated carbocycles. The lowest BCUT2D eigenvalue weighted by Gasteiger charge is -2.36. The lowest BCUT2D eigenvalue weighted by Crippen LogP contribution is -2.48. The van der Waals surface area contributed by atoms with Crippen LogP contribution < -0.4 is 10.2 Å². The van der Waals surface area contributed by atoms with E-state index in [1.165, 1.54) is 6.92 Å². The molecule has 0 radical (unpaired) electrons. The van der Waals surface area contributed by atoms with Gasteiger partial charge in [0.1, 0.15) is 5.67 Å². The van der Waals surface area contributed by atoms with Gasteiger partial charge in [0.05, 0.1) is 12.1 Å². The third-order valence-corrected chi connectivity index (χ3v) is 4.62. The number of carbonyl (C=O) groups is 1. The second-order valence-electron chi connectivity index (χ2n) is 5.92. The van der Waals surface area contributed by atoms with Crippen molar-refractivity contribution in [2.24, 2.45) is 0 Å². The van der Waals surface area contributed by atoms with Crippen LogP contribution >= 0.6 is 15.9 Å². The van der Waals surface area contributed by atoms with E-state index in [2.05, 4.69) is 31.2 Å². The van der Waals surface area contributed by atoms with Crippen molar-refractivity contribution in [2.45, 2.75) is 25.4 Å². The standard InChI is InChI=1S/C16H18BrFN4O/c1-11(23)20-10-16(18)4-6-22(7-5-16)15-19-9-12-8-13(17)2-3-14(12)21-15/h2-3,8-9H,4-7,10H2,1H3,(H,20,23). The summed E-state index contributed by atoms with van der Waals surface area (Å²) in [6, 6.07) is 5.84. The first-order chi connectivity index (χ1) is 11.0. The summed E-state index contributed by atoms with van der Waals surface area (Å²) >= 11 is 3.43. The summed E-state index contributed by atoms with van der Waals surface area (Å²) in [5.74, 6) is 0.426.